The van der Waals surface area contributed by atoms with Gasteiger partial charge in [-0.15, -0.1) is 0 Å². The molecule has 2 rings (SSSR count). The Labute approximate surface area is 127 Å². The number of rotatable bonds is 4. The van der Waals surface area contributed by atoms with Crippen molar-refractivity contribution in [2.24, 2.45) is 5.92 Å². The lowest BCUT2D eigenvalue weighted by molar-refractivity contribution is 0.00940. The van der Waals surface area contributed by atoms with Gasteiger partial charge >= 0.3 is 0 Å². The number of β-amino-alcohol motifs (C(OH)–C–C–N with tert-alkyl or cyclic N) is 1. The monoisotopic (exact) mass is 311 g/mol. The third-order valence-electron chi connectivity index (χ3n) is 3.84. The fraction of sp³-hybridized carbons (Fsp3) is 0.625. The fourth-order valence-corrected chi connectivity index (χ4v) is 4.39. The van der Waals surface area contributed by atoms with E-state index in [1.165, 1.54) is 4.31 Å². The van der Waals surface area contributed by atoms with Crippen LogP contribution in [0.5, 0.6) is 0 Å². The molecule has 118 valence electrons. The molecule has 1 aromatic rings. The summed E-state index contributed by atoms with van der Waals surface area (Å²) in [6.07, 6.45) is 2.28. The van der Waals surface area contributed by atoms with Crippen LogP contribution in [0.1, 0.15) is 39.2 Å². The summed E-state index contributed by atoms with van der Waals surface area (Å²) in [6.45, 7) is 6.62. The van der Waals surface area contributed by atoms with Crippen molar-refractivity contribution < 1.29 is 13.5 Å². The van der Waals surface area contributed by atoms with E-state index in [2.05, 4.69) is 13.8 Å². The van der Waals surface area contributed by atoms with Crippen molar-refractivity contribution in [3.8, 4) is 0 Å². The molecule has 1 fully saturated rings. The first-order valence-corrected chi connectivity index (χ1v) is 8.96. The van der Waals surface area contributed by atoms with Crippen molar-refractivity contribution in [3.05, 3.63) is 29.8 Å². The topological polar surface area (TPSA) is 57.6 Å². The van der Waals surface area contributed by atoms with Gasteiger partial charge in [0.05, 0.1) is 10.5 Å². The van der Waals surface area contributed by atoms with Gasteiger partial charge in [0, 0.05) is 13.1 Å². The summed E-state index contributed by atoms with van der Waals surface area (Å²) in [5.41, 5.74) is 0.220. The van der Waals surface area contributed by atoms with Gasteiger partial charge in [-0.3, -0.25) is 0 Å². The van der Waals surface area contributed by atoms with Gasteiger partial charge in [0.2, 0.25) is 10.0 Å². The first-order chi connectivity index (χ1) is 9.71. The van der Waals surface area contributed by atoms with Crippen LogP contribution in [0.3, 0.4) is 0 Å². The molecule has 1 aliphatic rings. The second kappa shape index (κ2) is 6.07. The van der Waals surface area contributed by atoms with Gasteiger partial charge in [-0.1, -0.05) is 26.0 Å². The van der Waals surface area contributed by atoms with E-state index in [1.54, 1.807) is 19.1 Å². The average Bonchev–Trinajstić information content (AvgIpc) is 2.37. The van der Waals surface area contributed by atoms with Crippen LogP contribution in [0.25, 0.3) is 0 Å². The highest BCUT2D eigenvalue weighted by Crippen LogP contribution is 2.26. The van der Waals surface area contributed by atoms with Crippen molar-refractivity contribution in [2.75, 3.05) is 13.1 Å². The van der Waals surface area contributed by atoms with Gasteiger partial charge in [0.1, 0.15) is 0 Å². The number of piperidine rings is 1. The van der Waals surface area contributed by atoms with Crippen molar-refractivity contribution >= 4 is 10.0 Å². The third-order valence-corrected chi connectivity index (χ3v) is 5.70. The van der Waals surface area contributed by atoms with Gasteiger partial charge in [-0.05, 0) is 49.8 Å². The summed E-state index contributed by atoms with van der Waals surface area (Å²) in [5.74, 6) is 0.546. The Morgan fingerprint density at radius 2 is 1.90 bits per heavy atom. The first kappa shape index (κ1) is 16.5. The molecule has 4 nitrogen and oxygen atoms in total. The van der Waals surface area contributed by atoms with Crippen molar-refractivity contribution in [3.63, 3.8) is 0 Å². The normalized spacial score (nSPS) is 24.4. The van der Waals surface area contributed by atoms with E-state index in [0.29, 0.717) is 30.2 Å². The van der Waals surface area contributed by atoms with Crippen LogP contribution in [-0.2, 0) is 16.4 Å². The summed E-state index contributed by atoms with van der Waals surface area (Å²) in [4.78, 5) is 0.313. The minimum Gasteiger partial charge on any atom is -0.389 e. The molecule has 1 unspecified atom stereocenters. The number of aliphatic hydroxyl groups is 1. The van der Waals surface area contributed by atoms with Crippen LogP contribution in [0, 0.1) is 5.92 Å². The van der Waals surface area contributed by atoms with Crippen LogP contribution in [0.2, 0.25) is 0 Å². The van der Waals surface area contributed by atoms with Gasteiger partial charge in [-0.25, -0.2) is 8.42 Å². The molecule has 21 heavy (non-hydrogen) atoms. The summed E-state index contributed by atoms with van der Waals surface area (Å²) >= 11 is 0. The third kappa shape index (κ3) is 4.05. The number of nitrogens with zero attached hydrogens (tertiary/aromatic N) is 1. The second-order valence-electron chi connectivity index (χ2n) is 6.68. The summed E-state index contributed by atoms with van der Waals surface area (Å²) < 4.78 is 26.6. The Kier molecular flexibility index (Phi) is 4.76. The largest absolute Gasteiger partial charge is 0.389 e. The lowest BCUT2D eigenvalue weighted by Crippen LogP contribution is -2.48. The lowest BCUT2D eigenvalue weighted by Gasteiger charge is -2.35. The summed E-state index contributed by atoms with van der Waals surface area (Å²) in [7, 11) is -3.50. The molecule has 0 aromatic heterocycles. The average molecular weight is 311 g/mol. The van der Waals surface area contributed by atoms with Gasteiger partial charge in [0.15, 0.2) is 0 Å². The number of benzene rings is 1. The molecule has 0 amide bonds. The van der Waals surface area contributed by atoms with Crippen LogP contribution < -0.4 is 0 Å². The zero-order valence-corrected chi connectivity index (χ0v) is 13.9. The highest BCUT2D eigenvalue weighted by atomic mass is 32.2. The molecular weight excluding hydrogens is 286 g/mol. The first-order valence-electron chi connectivity index (χ1n) is 7.52. The zero-order chi connectivity index (χ0) is 15.7. The molecule has 1 aliphatic heterocycles. The van der Waals surface area contributed by atoms with Crippen LogP contribution in [0.15, 0.2) is 29.2 Å². The molecule has 0 bridgehead atoms. The number of hydrogen-bond acceptors (Lipinski definition) is 3. The van der Waals surface area contributed by atoms with E-state index in [0.717, 1.165) is 12.0 Å². The Hall–Kier alpha value is -0.910. The van der Waals surface area contributed by atoms with E-state index in [4.69, 9.17) is 0 Å². The molecule has 1 atom stereocenters. The molecule has 1 saturated heterocycles. The summed E-state index contributed by atoms with van der Waals surface area (Å²) in [6, 6.07) is 7.12. The van der Waals surface area contributed by atoms with Crippen molar-refractivity contribution in [1.82, 2.24) is 4.31 Å². The Bertz CT molecular complexity index is 576. The second-order valence-corrected chi connectivity index (χ2v) is 8.62. The van der Waals surface area contributed by atoms with Crippen molar-refractivity contribution in [1.29, 1.82) is 0 Å². The molecule has 0 spiro atoms. The molecule has 0 aliphatic carbocycles. The molecule has 1 N–H and O–H groups in total. The van der Waals surface area contributed by atoms with E-state index in [-0.39, 0.29) is 6.54 Å². The minimum absolute atomic E-state index is 0.170. The van der Waals surface area contributed by atoms with E-state index in [9.17, 15) is 13.5 Å². The molecule has 1 aromatic carbocycles. The van der Waals surface area contributed by atoms with E-state index < -0.39 is 15.6 Å². The Morgan fingerprint density at radius 3 is 2.43 bits per heavy atom. The zero-order valence-electron chi connectivity index (χ0n) is 13.0. The quantitative estimate of drug-likeness (QED) is 0.929. The van der Waals surface area contributed by atoms with E-state index in [1.807, 2.05) is 12.1 Å². The molecule has 0 radical (unpaired) electrons. The van der Waals surface area contributed by atoms with Crippen molar-refractivity contribution in [2.45, 2.75) is 50.5 Å². The van der Waals surface area contributed by atoms with Crippen LogP contribution in [-0.4, -0.2) is 36.5 Å². The molecule has 0 saturated carbocycles. The Balaban J connectivity index is 2.19. The van der Waals surface area contributed by atoms with Gasteiger partial charge < -0.3 is 5.11 Å². The number of sulfonamides is 1. The van der Waals surface area contributed by atoms with Crippen LogP contribution >= 0.6 is 0 Å². The van der Waals surface area contributed by atoms with Crippen LogP contribution in [0.4, 0.5) is 0 Å². The Morgan fingerprint density at radius 1 is 1.29 bits per heavy atom. The van der Waals surface area contributed by atoms with Gasteiger partial charge in [-0.2, -0.15) is 4.31 Å². The smallest absolute Gasteiger partial charge is 0.243 e. The van der Waals surface area contributed by atoms with E-state index >= 15 is 0 Å². The predicted molar refractivity (Wildman–Crippen MR) is 83.6 cm³/mol. The minimum atomic E-state index is -3.50. The highest BCUT2D eigenvalue weighted by Gasteiger charge is 2.35. The fourth-order valence-electron chi connectivity index (χ4n) is 2.80. The molecule has 1 heterocycles. The standard InChI is InChI=1S/C16H25NO3S/c1-13(2)11-14-5-7-15(8-6-14)21(19,20)17-10-4-9-16(3,18)12-17/h5-8,13,18H,4,9-12H2,1-3H3. The maximum absolute atomic E-state index is 12.6. The highest BCUT2D eigenvalue weighted by molar-refractivity contribution is 7.89. The molecular formula is C16H25NO3S. The maximum atomic E-state index is 12.6. The number of hydrogen-bond donors (Lipinski definition) is 1. The molecule has 5 heteroatoms. The van der Waals surface area contributed by atoms with Gasteiger partial charge in [0.25, 0.3) is 0 Å². The lowest BCUT2D eigenvalue weighted by atomic mass is 9.97. The maximum Gasteiger partial charge on any atom is 0.243 e. The summed E-state index contributed by atoms with van der Waals surface area (Å²) in [5, 5.41) is 10.1. The SMILES string of the molecule is CC(C)Cc1ccc(S(=O)(=O)N2CCCC(C)(O)C2)cc1. The predicted octanol–water partition coefficient (Wildman–Crippen LogP) is 2.42.